The van der Waals surface area contributed by atoms with E-state index in [-0.39, 0.29) is 11.2 Å². The molecule has 0 atom stereocenters. The van der Waals surface area contributed by atoms with Crippen molar-refractivity contribution < 1.29 is 4.79 Å². The molecule has 0 unspecified atom stereocenters. The van der Waals surface area contributed by atoms with E-state index in [0.29, 0.717) is 11.4 Å². The first-order valence-electron chi connectivity index (χ1n) is 5.63. The van der Waals surface area contributed by atoms with Gasteiger partial charge in [0.25, 0.3) is 5.91 Å². The molecule has 1 N–H and O–H groups in total. The number of anilines is 2. The van der Waals surface area contributed by atoms with Gasteiger partial charge in [0.05, 0.1) is 0 Å². The summed E-state index contributed by atoms with van der Waals surface area (Å²) in [5.74, 6) is 0.138. The maximum atomic E-state index is 12.1. The highest BCUT2D eigenvalue weighted by atomic mass is 35.5. The van der Waals surface area contributed by atoms with Crippen molar-refractivity contribution in [3.8, 4) is 0 Å². The second-order valence-corrected chi connectivity index (χ2v) is 4.45. The summed E-state index contributed by atoms with van der Waals surface area (Å²) in [6, 6.07) is 8.89. The fourth-order valence-electron chi connectivity index (χ4n) is 1.52. The molecule has 2 aromatic rings. The van der Waals surface area contributed by atoms with Crippen molar-refractivity contribution in [2.24, 2.45) is 0 Å². The van der Waals surface area contributed by atoms with Gasteiger partial charge in [-0.1, -0.05) is 6.07 Å². The van der Waals surface area contributed by atoms with Crippen molar-refractivity contribution in [2.45, 2.75) is 0 Å². The van der Waals surface area contributed by atoms with Gasteiger partial charge in [-0.05, 0) is 35.9 Å². The van der Waals surface area contributed by atoms with Gasteiger partial charge < -0.3 is 10.2 Å². The van der Waals surface area contributed by atoms with Crippen LogP contribution < -0.4 is 10.2 Å². The third-order valence-electron chi connectivity index (χ3n) is 2.49. The van der Waals surface area contributed by atoms with Crippen molar-refractivity contribution in [3.05, 3.63) is 47.4 Å². The van der Waals surface area contributed by atoms with Crippen molar-refractivity contribution in [1.82, 2.24) is 9.97 Å². The van der Waals surface area contributed by atoms with E-state index in [1.54, 1.807) is 18.2 Å². The first kappa shape index (κ1) is 13.3. The van der Waals surface area contributed by atoms with Gasteiger partial charge in [-0.3, -0.25) is 4.79 Å². The van der Waals surface area contributed by atoms with Crippen LogP contribution in [0, 0.1) is 0 Å². The van der Waals surface area contributed by atoms with E-state index in [2.05, 4.69) is 15.3 Å². The van der Waals surface area contributed by atoms with Crippen LogP contribution in [0.3, 0.4) is 0 Å². The molecule has 0 saturated carbocycles. The predicted octanol–water partition coefficient (Wildman–Crippen LogP) is 2.45. The van der Waals surface area contributed by atoms with Gasteiger partial charge in [0.15, 0.2) is 0 Å². The number of rotatable bonds is 3. The largest absolute Gasteiger partial charge is 0.378 e. The highest BCUT2D eigenvalue weighted by molar-refractivity contribution is 6.28. The van der Waals surface area contributed by atoms with Crippen LogP contribution in [0.1, 0.15) is 10.4 Å². The molecule has 5 nitrogen and oxygen atoms in total. The molecule has 1 heterocycles. The molecule has 19 heavy (non-hydrogen) atoms. The van der Waals surface area contributed by atoms with Gasteiger partial charge >= 0.3 is 0 Å². The lowest BCUT2D eigenvalue weighted by atomic mass is 10.2. The minimum atomic E-state index is -0.238. The molecule has 6 heteroatoms. The zero-order valence-electron chi connectivity index (χ0n) is 10.6. The summed E-state index contributed by atoms with van der Waals surface area (Å²) < 4.78 is 0. The molecule has 0 fully saturated rings. The Bertz CT molecular complexity index is 601. The van der Waals surface area contributed by atoms with Gasteiger partial charge in [0.2, 0.25) is 5.28 Å². The maximum Gasteiger partial charge on any atom is 0.256 e. The van der Waals surface area contributed by atoms with E-state index in [4.69, 9.17) is 11.6 Å². The predicted molar refractivity (Wildman–Crippen MR) is 75.8 cm³/mol. The Morgan fingerprint density at radius 2 is 2.11 bits per heavy atom. The molecule has 0 saturated heterocycles. The average molecular weight is 277 g/mol. The maximum absolute atomic E-state index is 12.1. The Kier molecular flexibility index (Phi) is 3.97. The van der Waals surface area contributed by atoms with E-state index < -0.39 is 0 Å². The number of hydrogen-bond acceptors (Lipinski definition) is 4. The molecule has 0 aliphatic heterocycles. The summed E-state index contributed by atoms with van der Waals surface area (Å²) in [6.45, 7) is 0. The number of carbonyl (C=O) groups is 1. The number of halogens is 1. The monoisotopic (exact) mass is 276 g/mol. The number of aromatic nitrogens is 2. The Labute approximate surface area is 116 Å². The summed E-state index contributed by atoms with van der Waals surface area (Å²) >= 11 is 5.66. The summed E-state index contributed by atoms with van der Waals surface area (Å²) in [6.07, 6.45) is 1.49. The molecular formula is C13H13ClN4O. The van der Waals surface area contributed by atoms with Crippen LogP contribution in [0.2, 0.25) is 5.28 Å². The van der Waals surface area contributed by atoms with Crippen molar-refractivity contribution >= 4 is 29.0 Å². The fraction of sp³-hybridized carbons (Fsp3) is 0.154. The summed E-state index contributed by atoms with van der Waals surface area (Å²) in [4.78, 5) is 21.7. The number of amides is 1. The number of nitrogens with zero attached hydrogens (tertiary/aromatic N) is 3. The van der Waals surface area contributed by atoms with Crippen LogP contribution in [-0.4, -0.2) is 30.0 Å². The molecule has 0 aliphatic rings. The highest BCUT2D eigenvalue weighted by Gasteiger charge is 2.08. The summed E-state index contributed by atoms with van der Waals surface area (Å²) in [5, 5.41) is 2.77. The summed E-state index contributed by atoms with van der Waals surface area (Å²) in [5.41, 5.74) is 1.51. The van der Waals surface area contributed by atoms with Crippen LogP contribution >= 0.6 is 11.6 Å². The zero-order chi connectivity index (χ0) is 13.8. The SMILES string of the molecule is CN(C)c1cccc(C(=O)Nc2ccnc(Cl)n2)c1. The number of benzene rings is 1. The Morgan fingerprint density at radius 1 is 1.32 bits per heavy atom. The molecule has 0 aliphatic carbocycles. The molecule has 1 amide bonds. The quantitative estimate of drug-likeness (QED) is 0.875. The average Bonchev–Trinajstić information content (AvgIpc) is 2.39. The van der Waals surface area contributed by atoms with E-state index in [1.807, 2.05) is 31.1 Å². The van der Waals surface area contributed by atoms with Crippen molar-refractivity contribution in [2.75, 3.05) is 24.3 Å². The van der Waals surface area contributed by atoms with Crippen LogP contribution in [0.5, 0.6) is 0 Å². The van der Waals surface area contributed by atoms with Crippen LogP contribution in [-0.2, 0) is 0 Å². The first-order chi connectivity index (χ1) is 9.06. The number of carbonyl (C=O) groups excluding carboxylic acids is 1. The van der Waals surface area contributed by atoms with E-state index in [0.717, 1.165) is 5.69 Å². The molecule has 2 rings (SSSR count). The molecule has 0 radical (unpaired) electrons. The molecular weight excluding hydrogens is 264 g/mol. The van der Waals surface area contributed by atoms with Crippen LogP contribution in [0.15, 0.2) is 36.5 Å². The Balaban J connectivity index is 2.18. The van der Waals surface area contributed by atoms with E-state index in [9.17, 15) is 4.79 Å². The van der Waals surface area contributed by atoms with Crippen molar-refractivity contribution in [1.29, 1.82) is 0 Å². The van der Waals surface area contributed by atoms with Gasteiger partial charge in [-0.25, -0.2) is 9.97 Å². The third-order valence-corrected chi connectivity index (χ3v) is 2.67. The normalized spacial score (nSPS) is 10.1. The topological polar surface area (TPSA) is 58.1 Å². The highest BCUT2D eigenvalue weighted by Crippen LogP contribution is 2.15. The Hall–Kier alpha value is -2.14. The Morgan fingerprint density at radius 3 is 2.79 bits per heavy atom. The second kappa shape index (κ2) is 5.67. The zero-order valence-corrected chi connectivity index (χ0v) is 11.3. The van der Waals surface area contributed by atoms with Gasteiger partial charge in [0.1, 0.15) is 5.82 Å². The molecule has 0 spiro atoms. The van der Waals surface area contributed by atoms with Crippen LogP contribution in [0.4, 0.5) is 11.5 Å². The van der Waals surface area contributed by atoms with Gasteiger partial charge in [-0.2, -0.15) is 0 Å². The molecule has 1 aromatic carbocycles. The minimum absolute atomic E-state index is 0.0971. The third kappa shape index (κ3) is 3.42. The van der Waals surface area contributed by atoms with E-state index in [1.165, 1.54) is 6.20 Å². The lowest BCUT2D eigenvalue weighted by molar-refractivity contribution is 0.102. The minimum Gasteiger partial charge on any atom is -0.378 e. The van der Waals surface area contributed by atoms with Gasteiger partial charge in [-0.15, -0.1) is 0 Å². The first-order valence-corrected chi connectivity index (χ1v) is 6.01. The molecule has 0 bridgehead atoms. The lowest BCUT2D eigenvalue weighted by Gasteiger charge is -2.13. The number of hydrogen-bond donors (Lipinski definition) is 1. The molecule has 1 aromatic heterocycles. The van der Waals surface area contributed by atoms with Crippen LogP contribution in [0.25, 0.3) is 0 Å². The summed E-state index contributed by atoms with van der Waals surface area (Å²) in [7, 11) is 3.84. The second-order valence-electron chi connectivity index (χ2n) is 4.11. The van der Waals surface area contributed by atoms with Crippen molar-refractivity contribution in [3.63, 3.8) is 0 Å². The fourth-order valence-corrected chi connectivity index (χ4v) is 1.67. The van der Waals surface area contributed by atoms with Gasteiger partial charge in [0, 0.05) is 31.5 Å². The standard InChI is InChI=1S/C13H13ClN4O/c1-18(2)10-5-3-4-9(8-10)12(19)16-11-6-7-15-13(14)17-11/h3-8H,1-2H3,(H,15,16,17,19). The lowest BCUT2D eigenvalue weighted by Crippen LogP contribution is -2.15. The molecule has 98 valence electrons. The number of nitrogens with one attached hydrogen (secondary N) is 1. The van der Waals surface area contributed by atoms with E-state index >= 15 is 0 Å². The smallest absolute Gasteiger partial charge is 0.256 e.